The molecule has 0 saturated heterocycles. The lowest BCUT2D eigenvalue weighted by Crippen LogP contribution is -2.45. The van der Waals surface area contributed by atoms with Gasteiger partial charge in [-0.3, -0.25) is 13.8 Å². The Labute approximate surface area is 434 Å². The fourth-order valence-corrected chi connectivity index (χ4v) is 9.10. The Bertz CT molecular complexity index is 1370. The number of nitrogens with one attached hydrogen (secondary N) is 1. The Morgan fingerprint density at radius 1 is 0.500 bits per heavy atom. The quantitative estimate of drug-likeness (QED) is 0.0243. The minimum absolute atomic E-state index is 0.0607. The summed E-state index contributed by atoms with van der Waals surface area (Å²) >= 11 is 0. The van der Waals surface area contributed by atoms with E-state index < -0.39 is 20.0 Å². The molecule has 0 aromatic heterocycles. The van der Waals surface area contributed by atoms with Crippen molar-refractivity contribution < 1.29 is 32.9 Å². The number of nitrogens with zero attached hydrogens (tertiary/aromatic N) is 1. The molecule has 0 aromatic rings. The van der Waals surface area contributed by atoms with E-state index >= 15 is 0 Å². The Morgan fingerprint density at radius 3 is 1.26 bits per heavy atom. The summed E-state index contributed by atoms with van der Waals surface area (Å²) in [5.74, 6) is -0.177. The van der Waals surface area contributed by atoms with Gasteiger partial charge in [-0.25, -0.2) is 4.57 Å². The molecule has 0 fully saturated rings. The summed E-state index contributed by atoms with van der Waals surface area (Å²) < 4.78 is 23.7. The average Bonchev–Trinajstić information content (AvgIpc) is 3.32. The zero-order valence-electron chi connectivity index (χ0n) is 46.5. The average molecular weight is 1000 g/mol. The number of allylic oxidation sites excluding steroid dienone is 11. The van der Waals surface area contributed by atoms with Gasteiger partial charge in [0.05, 0.1) is 39.9 Å². The standard InChI is InChI=1S/C61H113N2O6P/c1-6-8-10-12-14-16-18-20-22-23-24-25-26-27-28-29-30-31-32-33-34-35-36-37-38-39-41-43-45-47-49-51-53-55-61(65)62-59(58-69-70(66,67)68-57-56-63(3,4)5)60(64)54-52-50-48-46-44-42-40-21-19-17-15-13-11-9-7-2/h8,10,14,16,20,22,24-25,27-28,52,54,59-60,64H,6-7,9,11-13,15,17-19,21,23,26,29-51,53,55-58H2,1-5H3,(H-,62,65,66,67)/p+1/b10-8-,16-14-,22-20-,25-24-,28-27-,54-52+. The fourth-order valence-electron chi connectivity index (χ4n) is 8.36. The van der Waals surface area contributed by atoms with Crippen molar-refractivity contribution >= 4 is 13.7 Å². The van der Waals surface area contributed by atoms with E-state index in [1.165, 1.54) is 167 Å². The molecule has 0 saturated carbocycles. The largest absolute Gasteiger partial charge is 0.472 e. The molecule has 0 aliphatic rings. The van der Waals surface area contributed by atoms with Crippen LogP contribution in [0.1, 0.15) is 258 Å². The number of hydrogen-bond donors (Lipinski definition) is 3. The number of carbonyl (C=O) groups excluding carboxylic acids is 1. The van der Waals surface area contributed by atoms with Crippen LogP contribution >= 0.6 is 7.82 Å². The summed E-state index contributed by atoms with van der Waals surface area (Å²) in [5.41, 5.74) is 0. The molecule has 3 N–H and O–H groups in total. The van der Waals surface area contributed by atoms with Crippen LogP contribution in [0.5, 0.6) is 0 Å². The first kappa shape index (κ1) is 67.9. The summed E-state index contributed by atoms with van der Waals surface area (Å²) in [4.78, 5) is 23.3. The van der Waals surface area contributed by atoms with Crippen molar-refractivity contribution in [2.24, 2.45) is 0 Å². The number of aliphatic hydroxyl groups is 1. The van der Waals surface area contributed by atoms with Gasteiger partial charge in [-0.05, 0) is 64.2 Å². The highest BCUT2D eigenvalue weighted by Crippen LogP contribution is 2.43. The van der Waals surface area contributed by atoms with Gasteiger partial charge in [-0.1, -0.05) is 260 Å². The first-order valence-corrected chi connectivity index (χ1v) is 30.8. The van der Waals surface area contributed by atoms with Gasteiger partial charge in [0.25, 0.3) is 0 Å². The number of carbonyl (C=O) groups is 1. The predicted molar refractivity (Wildman–Crippen MR) is 304 cm³/mol. The number of unbranched alkanes of at least 4 members (excludes halogenated alkanes) is 30. The van der Waals surface area contributed by atoms with E-state index in [0.29, 0.717) is 17.4 Å². The monoisotopic (exact) mass is 1000 g/mol. The van der Waals surface area contributed by atoms with Crippen LogP contribution in [0, 0.1) is 0 Å². The molecule has 0 rings (SSSR count). The van der Waals surface area contributed by atoms with Crippen molar-refractivity contribution in [1.29, 1.82) is 0 Å². The Kier molecular flexibility index (Phi) is 50.3. The summed E-state index contributed by atoms with van der Waals surface area (Å²) in [5, 5.41) is 13.9. The lowest BCUT2D eigenvalue weighted by molar-refractivity contribution is -0.870. The topological polar surface area (TPSA) is 105 Å². The lowest BCUT2D eigenvalue weighted by atomic mass is 10.0. The molecule has 0 bridgehead atoms. The zero-order chi connectivity index (χ0) is 51.3. The van der Waals surface area contributed by atoms with Gasteiger partial charge in [-0.15, -0.1) is 0 Å². The maximum Gasteiger partial charge on any atom is 0.472 e. The van der Waals surface area contributed by atoms with Crippen LogP contribution in [0.4, 0.5) is 0 Å². The van der Waals surface area contributed by atoms with Gasteiger partial charge in [0.1, 0.15) is 13.2 Å². The maximum atomic E-state index is 13.0. The molecule has 3 unspecified atom stereocenters. The summed E-state index contributed by atoms with van der Waals surface area (Å²) in [7, 11) is 1.57. The highest BCUT2D eigenvalue weighted by Gasteiger charge is 2.27. The number of quaternary nitrogens is 1. The normalized spacial score (nSPS) is 14.4. The van der Waals surface area contributed by atoms with Crippen LogP contribution in [-0.4, -0.2) is 73.4 Å². The number of phosphoric acid groups is 1. The second-order valence-electron chi connectivity index (χ2n) is 21.0. The third-order valence-corrected chi connectivity index (χ3v) is 13.9. The SMILES string of the molecule is CC/C=C\C/C=C\C/C=C\C/C=C\C/C=C\CCCCCCCCCCCCCCCCCCCC(=O)NC(COP(=O)(O)OCC[N+](C)(C)C)C(O)/C=C/CCCCCCCCCCCCCCC. The maximum absolute atomic E-state index is 13.0. The minimum atomic E-state index is -4.35. The second-order valence-corrected chi connectivity index (χ2v) is 22.4. The molecular formula is C61H114N2O6P+. The molecular weight excluding hydrogens is 888 g/mol. The molecule has 0 aliphatic heterocycles. The molecule has 3 atom stereocenters. The predicted octanol–water partition coefficient (Wildman–Crippen LogP) is 17.9. The van der Waals surface area contributed by atoms with Crippen LogP contribution in [0.25, 0.3) is 0 Å². The van der Waals surface area contributed by atoms with Crippen molar-refractivity contribution in [1.82, 2.24) is 5.32 Å². The Balaban J connectivity index is 4.07. The molecule has 70 heavy (non-hydrogen) atoms. The highest BCUT2D eigenvalue weighted by atomic mass is 31.2. The minimum Gasteiger partial charge on any atom is -0.387 e. The molecule has 0 radical (unpaired) electrons. The van der Waals surface area contributed by atoms with Gasteiger partial charge < -0.3 is 19.8 Å². The van der Waals surface area contributed by atoms with Gasteiger partial charge in [-0.2, -0.15) is 0 Å². The number of aliphatic hydroxyl groups excluding tert-OH is 1. The Hall–Kier alpha value is -2.06. The number of amides is 1. The molecule has 0 aromatic carbocycles. The van der Waals surface area contributed by atoms with E-state index in [1.54, 1.807) is 6.08 Å². The summed E-state index contributed by atoms with van der Waals surface area (Å²) in [6.07, 6.45) is 71.5. The molecule has 0 spiro atoms. The van der Waals surface area contributed by atoms with Crippen LogP contribution in [0.3, 0.4) is 0 Å². The van der Waals surface area contributed by atoms with Crippen LogP contribution < -0.4 is 5.32 Å². The molecule has 0 heterocycles. The van der Waals surface area contributed by atoms with Crippen LogP contribution in [0.2, 0.25) is 0 Å². The number of hydrogen-bond acceptors (Lipinski definition) is 5. The van der Waals surface area contributed by atoms with Crippen molar-refractivity contribution in [3.63, 3.8) is 0 Å². The summed E-state index contributed by atoms with van der Waals surface area (Å²) in [6, 6.07) is -0.848. The van der Waals surface area contributed by atoms with Crippen molar-refractivity contribution in [2.45, 2.75) is 270 Å². The van der Waals surface area contributed by atoms with Crippen LogP contribution in [0.15, 0.2) is 72.9 Å². The number of rotatable bonds is 53. The highest BCUT2D eigenvalue weighted by molar-refractivity contribution is 7.47. The molecule has 1 amide bonds. The van der Waals surface area contributed by atoms with E-state index in [4.69, 9.17) is 9.05 Å². The number of phosphoric ester groups is 1. The molecule has 0 aliphatic carbocycles. The summed E-state index contributed by atoms with van der Waals surface area (Å²) in [6.45, 7) is 4.71. The third kappa shape index (κ3) is 53.7. The van der Waals surface area contributed by atoms with Crippen LogP contribution in [-0.2, 0) is 18.4 Å². The first-order chi connectivity index (χ1) is 34.0. The third-order valence-electron chi connectivity index (χ3n) is 12.9. The molecule has 9 heteroatoms. The van der Waals surface area contributed by atoms with Gasteiger partial charge in [0, 0.05) is 6.42 Å². The smallest absolute Gasteiger partial charge is 0.387 e. The van der Waals surface area contributed by atoms with E-state index in [-0.39, 0.29) is 19.1 Å². The van der Waals surface area contributed by atoms with E-state index in [2.05, 4.69) is 79.9 Å². The number of likely N-dealkylation sites (N-methyl/N-ethyl adjacent to an activating group) is 1. The van der Waals surface area contributed by atoms with Crippen molar-refractivity contribution in [3.8, 4) is 0 Å². The molecule has 8 nitrogen and oxygen atoms in total. The van der Waals surface area contributed by atoms with E-state index in [9.17, 15) is 19.4 Å². The van der Waals surface area contributed by atoms with Gasteiger partial charge in [0.2, 0.25) is 5.91 Å². The van der Waals surface area contributed by atoms with Crippen molar-refractivity contribution in [2.75, 3.05) is 40.9 Å². The molecule has 408 valence electrons. The van der Waals surface area contributed by atoms with E-state index in [0.717, 1.165) is 70.6 Å². The Morgan fingerprint density at radius 2 is 0.857 bits per heavy atom. The first-order valence-electron chi connectivity index (χ1n) is 29.3. The zero-order valence-corrected chi connectivity index (χ0v) is 47.4. The fraction of sp³-hybridized carbons (Fsp3) is 0.787. The van der Waals surface area contributed by atoms with Gasteiger partial charge >= 0.3 is 7.82 Å². The van der Waals surface area contributed by atoms with E-state index in [1.807, 2.05) is 27.2 Å². The van der Waals surface area contributed by atoms with Gasteiger partial charge in [0.15, 0.2) is 0 Å². The lowest BCUT2D eigenvalue weighted by Gasteiger charge is -2.25. The van der Waals surface area contributed by atoms with Crippen molar-refractivity contribution in [3.05, 3.63) is 72.9 Å². The second kappa shape index (κ2) is 51.8.